The number of aliphatic hydroxyl groups is 1. The summed E-state index contributed by atoms with van der Waals surface area (Å²) >= 11 is 0. The van der Waals surface area contributed by atoms with Crippen molar-refractivity contribution < 1.29 is 5.11 Å². The first-order chi connectivity index (χ1) is 5.37. The fourth-order valence-corrected chi connectivity index (χ4v) is 2.43. The summed E-state index contributed by atoms with van der Waals surface area (Å²) in [6, 6.07) is 0. The molecular weight excluding hydrogens is 148 g/mol. The maximum Gasteiger partial charge on any atom is 0.0573 e. The summed E-state index contributed by atoms with van der Waals surface area (Å²) in [7, 11) is 0. The van der Waals surface area contributed by atoms with E-state index in [2.05, 4.69) is 34.6 Å². The smallest absolute Gasteiger partial charge is 0.0573 e. The number of rotatable bonds is 0. The van der Waals surface area contributed by atoms with E-state index < -0.39 is 0 Å². The van der Waals surface area contributed by atoms with Crippen LogP contribution in [0.25, 0.3) is 0 Å². The van der Waals surface area contributed by atoms with Gasteiger partial charge in [-0.05, 0) is 29.6 Å². The fraction of sp³-hybridized carbons (Fsp3) is 1.00. The summed E-state index contributed by atoms with van der Waals surface area (Å²) in [4.78, 5) is 0. The minimum atomic E-state index is -0.0915. The van der Waals surface area contributed by atoms with Crippen LogP contribution in [-0.2, 0) is 0 Å². The highest BCUT2D eigenvalue weighted by Gasteiger charge is 2.43. The molecule has 1 saturated carbocycles. The van der Waals surface area contributed by atoms with Crippen molar-refractivity contribution in [3.8, 4) is 0 Å². The molecule has 0 aromatic rings. The van der Waals surface area contributed by atoms with Crippen LogP contribution in [0.5, 0.6) is 0 Å². The molecule has 0 saturated heterocycles. The second kappa shape index (κ2) is 3.02. The van der Waals surface area contributed by atoms with Crippen molar-refractivity contribution in [1.29, 1.82) is 0 Å². The molecule has 4 unspecified atom stereocenters. The monoisotopic (exact) mass is 170 g/mol. The maximum atomic E-state index is 9.80. The van der Waals surface area contributed by atoms with Crippen LogP contribution in [0.1, 0.15) is 41.0 Å². The normalized spacial score (nSPS) is 47.5. The third-order valence-corrected chi connectivity index (χ3v) is 4.39. The van der Waals surface area contributed by atoms with Crippen LogP contribution in [0.2, 0.25) is 0 Å². The van der Waals surface area contributed by atoms with E-state index in [0.29, 0.717) is 11.8 Å². The molecule has 12 heavy (non-hydrogen) atoms. The largest absolute Gasteiger partial charge is 0.393 e. The molecular formula is C11H22O. The van der Waals surface area contributed by atoms with Gasteiger partial charge < -0.3 is 5.11 Å². The van der Waals surface area contributed by atoms with Gasteiger partial charge in [-0.1, -0.05) is 34.6 Å². The highest BCUT2D eigenvalue weighted by molar-refractivity contribution is 4.92. The van der Waals surface area contributed by atoms with Crippen LogP contribution in [0, 0.1) is 23.2 Å². The molecule has 1 rings (SSSR count). The quantitative estimate of drug-likeness (QED) is 0.592. The second-order valence-corrected chi connectivity index (χ2v) is 5.18. The molecule has 0 spiro atoms. The van der Waals surface area contributed by atoms with E-state index in [1.54, 1.807) is 0 Å². The van der Waals surface area contributed by atoms with Crippen LogP contribution in [0.15, 0.2) is 0 Å². The molecule has 0 bridgehead atoms. The molecule has 0 aliphatic heterocycles. The lowest BCUT2D eigenvalue weighted by molar-refractivity contribution is -0.0593. The molecule has 72 valence electrons. The molecule has 1 heteroatoms. The molecule has 1 aliphatic rings. The fourth-order valence-electron chi connectivity index (χ4n) is 2.43. The zero-order chi connectivity index (χ0) is 9.52. The molecule has 1 N–H and O–H groups in total. The maximum absolute atomic E-state index is 9.80. The van der Waals surface area contributed by atoms with Gasteiger partial charge in [-0.25, -0.2) is 0 Å². The van der Waals surface area contributed by atoms with Crippen molar-refractivity contribution in [3.63, 3.8) is 0 Å². The molecule has 1 fully saturated rings. The van der Waals surface area contributed by atoms with Gasteiger partial charge in [-0.15, -0.1) is 0 Å². The van der Waals surface area contributed by atoms with E-state index in [0.717, 1.165) is 12.3 Å². The average molecular weight is 170 g/mol. The summed E-state index contributed by atoms with van der Waals surface area (Å²) in [5, 5.41) is 9.80. The lowest BCUT2D eigenvalue weighted by Gasteiger charge is -2.48. The zero-order valence-corrected chi connectivity index (χ0v) is 8.96. The van der Waals surface area contributed by atoms with E-state index in [4.69, 9.17) is 0 Å². The van der Waals surface area contributed by atoms with Crippen LogP contribution in [0.3, 0.4) is 0 Å². The van der Waals surface area contributed by atoms with E-state index in [1.165, 1.54) is 0 Å². The first kappa shape index (κ1) is 10.0. The highest BCUT2D eigenvalue weighted by atomic mass is 16.3. The van der Waals surface area contributed by atoms with Gasteiger partial charge >= 0.3 is 0 Å². The minimum Gasteiger partial charge on any atom is -0.393 e. The van der Waals surface area contributed by atoms with Gasteiger partial charge in [0.15, 0.2) is 0 Å². The Hall–Kier alpha value is -0.0400. The van der Waals surface area contributed by atoms with E-state index in [9.17, 15) is 5.11 Å². The van der Waals surface area contributed by atoms with Crippen LogP contribution >= 0.6 is 0 Å². The van der Waals surface area contributed by atoms with E-state index >= 15 is 0 Å². The summed E-state index contributed by atoms with van der Waals surface area (Å²) in [6.45, 7) is 11.3. The van der Waals surface area contributed by atoms with Gasteiger partial charge in [-0.3, -0.25) is 0 Å². The Balaban J connectivity index is 2.82. The standard InChI is InChI=1S/C11H22O/c1-7-6-10(12)9(3)11(4,5)8(7)2/h7-10,12H,6H2,1-5H3. The first-order valence-corrected chi connectivity index (χ1v) is 5.05. The third kappa shape index (κ3) is 1.39. The van der Waals surface area contributed by atoms with Gasteiger partial charge in [0.1, 0.15) is 0 Å². The van der Waals surface area contributed by atoms with Crippen molar-refractivity contribution in [3.05, 3.63) is 0 Å². The van der Waals surface area contributed by atoms with Gasteiger partial charge in [0.25, 0.3) is 0 Å². The Kier molecular flexibility index (Phi) is 2.53. The molecule has 0 heterocycles. The zero-order valence-electron chi connectivity index (χ0n) is 8.96. The lowest BCUT2D eigenvalue weighted by Crippen LogP contribution is -2.45. The Morgan fingerprint density at radius 3 is 2.08 bits per heavy atom. The van der Waals surface area contributed by atoms with Gasteiger partial charge in [0, 0.05) is 0 Å². The second-order valence-electron chi connectivity index (χ2n) is 5.18. The summed E-state index contributed by atoms with van der Waals surface area (Å²) in [5.74, 6) is 1.81. The number of aliphatic hydroxyl groups excluding tert-OH is 1. The summed E-state index contributed by atoms with van der Waals surface area (Å²) in [6.07, 6.45) is 0.886. The van der Waals surface area contributed by atoms with Crippen LogP contribution in [-0.4, -0.2) is 11.2 Å². The number of hydrogen-bond acceptors (Lipinski definition) is 1. The van der Waals surface area contributed by atoms with E-state index in [1.807, 2.05) is 0 Å². The molecule has 0 amide bonds. The lowest BCUT2D eigenvalue weighted by atomic mass is 9.59. The Bertz CT molecular complexity index is 146. The first-order valence-electron chi connectivity index (χ1n) is 5.05. The predicted octanol–water partition coefficient (Wildman–Crippen LogP) is 2.69. The average Bonchev–Trinajstić information content (AvgIpc) is 1.99. The number of hydrogen-bond donors (Lipinski definition) is 1. The SMILES string of the molecule is CC1CC(O)C(C)C(C)(C)C1C. The van der Waals surface area contributed by atoms with Crippen molar-refractivity contribution >= 4 is 0 Å². The summed E-state index contributed by atoms with van der Waals surface area (Å²) < 4.78 is 0. The topological polar surface area (TPSA) is 20.2 Å². The molecule has 1 aliphatic carbocycles. The van der Waals surface area contributed by atoms with Crippen LogP contribution in [0.4, 0.5) is 0 Å². The van der Waals surface area contributed by atoms with Crippen molar-refractivity contribution in [2.45, 2.75) is 47.1 Å². The predicted molar refractivity (Wildman–Crippen MR) is 51.9 cm³/mol. The molecule has 0 radical (unpaired) electrons. The van der Waals surface area contributed by atoms with Gasteiger partial charge in [0.05, 0.1) is 6.10 Å². The van der Waals surface area contributed by atoms with Gasteiger partial charge in [-0.2, -0.15) is 0 Å². The van der Waals surface area contributed by atoms with Crippen molar-refractivity contribution in [2.75, 3.05) is 0 Å². The molecule has 4 atom stereocenters. The molecule has 1 nitrogen and oxygen atoms in total. The summed E-state index contributed by atoms with van der Waals surface area (Å²) in [5.41, 5.74) is 0.289. The third-order valence-electron chi connectivity index (χ3n) is 4.39. The molecule has 0 aromatic carbocycles. The molecule has 0 aromatic heterocycles. The Morgan fingerprint density at radius 1 is 1.08 bits per heavy atom. The van der Waals surface area contributed by atoms with E-state index in [-0.39, 0.29) is 11.5 Å². The van der Waals surface area contributed by atoms with Gasteiger partial charge in [0.2, 0.25) is 0 Å². The van der Waals surface area contributed by atoms with Crippen LogP contribution < -0.4 is 0 Å². The Morgan fingerprint density at radius 2 is 1.58 bits per heavy atom. The van der Waals surface area contributed by atoms with Crippen molar-refractivity contribution in [1.82, 2.24) is 0 Å². The highest BCUT2D eigenvalue weighted by Crippen LogP contribution is 2.47. The Labute approximate surface area is 76.2 Å². The minimum absolute atomic E-state index is 0.0915. The van der Waals surface area contributed by atoms with Crippen molar-refractivity contribution in [2.24, 2.45) is 23.2 Å².